The van der Waals surface area contributed by atoms with Gasteiger partial charge >= 0.3 is 0 Å². The van der Waals surface area contributed by atoms with Crippen LogP contribution in [-0.4, -0.2) is 36.1 Å². The number of benzene rings is 4. The van der Waals surface area contributed by atoms with Gasteiger partial charge in [0.1, 0.15) is 37.0 Å². The van der Waals surface area contributed by atoms with E-state index in [0.29, 0.717) is 55.1 Å². The third kappa shape index (κ3) is 8.27. The van der Waals surface area contributed by atoms with Gasteiger partial charge in [0, 0.05) is 18.2 Å². The highest BCUT2D eigenvalue weighted by Gasteiger charge is 2.28. The first-order valence-corrected chi connectivity index (χ1v) is 14.3. The van der Waals surface area contributed by atoms with E-state index in [1.54, 1.807) is 30.4 Å². The predicted octanol–water partition coefficient (Wildman–Crippen LogP) is 6.05. The second-order valence-electron chi connectivity index (χ2n) is 9.89. The Morgan fingerprint density at radius 1 is 0.848 bits per heavy atom. The van der Waals surface area contributed by atoms with Gasteiger partial charge in [-0.2, -0.15) is 0 Å². The zero-order valence-electron chi connectivity index (χ0n) is 24.7. The summed E-state index contributed by atoms with van der Waals surface area (Å²) in [6.07, 6.45) is 4.91. The third-order valence-corrected chi connectivity index (χ3v) is 6.72. The van der Waals surface area contributed by atoms with Crippen LogP contribution in [0, 0.1) is 20.2 Å². The van der Waals surface area contributed by atoms with Crippen molar-refractivity contribution in [2.75, 3.05) is 31.2 Å². The smallest absolute Gasteiger partial charge is 0.273 e. The van der Waals surface area contributed by atoms with Crippen LogP contribution in [0.2, 0.25) is 0 Å². The van der Waals surface area contributed by atoms with Gasteiger partial charge in [0.05, 0.1) is 34.2 Å². The van der Waals surface area contributed by atoms with Crippen LogP contribution in [-0.2, 0) is 0 Å². The Morgan fingerprint density at radius 3 is 2.15 bits per heavy atom. The molecule has 0 fully saturated rings. The maximum absolute atomic E-state index is 11.4. The number of ether oxygens (including phenoxy) is 4. The zero-order chi connectivity index (χ0) is 32.3. The lowest BCUT2D eigenvalue weighted by atomic mass is 10.2. The number of nitro groups is 2. The fourth-order valence-corrected chi connectivity index (χ4v) is 4.55. The number of nitro benzene ring substituents is 2. The number of nitrogens with zero attached hydrogens (tertiary/aromatic N) is 3. The summed E-state index contributed by atoms with van der Waals surface area (Å²) in [6.45, 7) is 5.61. The van der Waals surface area contributed by atoms with E-state index in [9.17, 15) is 20.2 Å². The second-order valence-corrected chi connectivity index (χ2v) is 9.89. The molecular formula is C34H31N4O8+. The molecule has 2 N–H and O–H groups in total. The summed E-state index contributed by atoms with van der Waals surface area (Å²) < 4.78 is 23.5. The normalized spacial score (nSPS) is 12.9. The number of rotatable bonds is 15. The summed E-state index contributed by atoms with van der Waals surface area (Å²) in [5, 5.41) is 24.6. The predicted molar refractivity (Wildman–Crippen MR) is 171 cm³/mol. The van der Waals surface area contributed by atoms with Crippen molar-refractivity contribution in [2.24, 2.45) is 0 Å². The van der Waals surface area contributed by atoms with Gasteiger partial charge in [0.25, 0.3) is 11.4 Å². The van der Waals surface area contributed by atoms with Crippen LogP contribution >= 0.6 is 0 Å². The SMILES string of the molecule is C=C(C=CC=C1Oc2cc([N+](=O)[O-])ccc2N1CCOc1ccccc1)Oc1cc([N+](=O)[O-])ccc1[NH2+]CCOc1ccccc1. The van der Waals surface area contributed by atoms with Crippen molar-refractivity contribution in [1.29, 1.82) is 0 Å². The summed E-state index contributed by atoms with van der Waals surface area (Å²) >= 11 is 0. The molecule has 0 unspecified atom stereocenters. The van der Waals surface area contributed by atoms with E-state index < -0.39 is 9.85 Å². The fraction of sp³-hybridized carbons (Fsp3) is 0.118. The number of para-hydroxylation sites is 2. The minimum atomic E-state index is -0.492. The Kier molecular flexibility index (Phi) is 10.2. The van der Waals surface area contributed by atoms with Crippen LogP contribution in [0.4, 0.5) is 22.7 Å². The molecule has 12 heteroatoms. The Labute approximate surface area is 264 Å². The summed E-state index contributed by atoms with van der Waals surface area (Å²) in [5.41, 5.74) is 1.10. The van der Waals surface area contributed by atoms with Crippen LogP contribution in [0.3, 0.4) is 0 Å². The first kappa shape index (κ1) is 31.3. The molecule has 1 aliphatic rings. The summed E-state index contributed by atoms with van der Waals surface area (Å²) in [5.74, 6) is 2.71. The highest BCUT2D eigenvalue weighted by atomic mass is 16.6. The van der Waals surface area contributed by atoms with Crippen molar-refractivity contribution in [2.45, 2.75) is 0 Å². The molecule has 0 saturated carbocycles. The number of allylic oxidation sites excluding steroid dienone is 3. The lowest BCUT2D eigenvalue weighted by Gasteiger charge is -2.18. The van der Waals surface area contributed by atoms with Gasteiger partial charge in [-0.3, -0.25) is 20.2 Å². The summed E-state index contributed by atoms with van der Waals surface area (Å²) in [7, 11) is 0. The molecule has 234 valence electrons. The molecule has 0 aliphatic carbocycles. The topological polar surface area (TPSA) is 143 Å². The van der Waals surface area contributed by atoms with E-state index in [-0.39, 0.29) is 22.9 Å². The molecule has 46 heavy (non-hydrogen) atoms. The van der Waals surface area contributed by atoms with E-state index in [1.165, 1.54) is 24.3 Å². The molecule has 4 aromatic carbocycles. The van der Waals surface area contributed by atoms with Crippen LogP contribution < -0.4 is 29.2 Å². The number of hydrogen-bond acceptors (Lipinski definition) is 9. The van der Waals surface area contributed by atoms with E-state index >= 15 is 0 Å². The van der Waals surface area contributed by atoms with Crippen LogP contribution in [0.5, 0.6) is 23.0 Å². The van der Waals surface area contributed by atoms with Gasteiger partial charge in [-0.1, -0.05) is 49.1 Å². The molecule has 5 rings (SSSR count). The second kappa shape index (κ2) is 15.0. The quantitative estimate of drug-likeness (QED) is 0.0418. The van der Waals surface area contributed by atoms with Gasteiger partial charge in [-0.25, -0.2) is 0 Å². The van der Waals surface area contributed by atoms with Gasteiger partial charge in [0.15, 0.2) is 17.2 Å². The Hall–Kier alpha value is -6.14. The standard InChI is InChI=1S/C34H30N4O8/c1-25(45-32-23-26(37(39)40)15-17-30(32)35-19-21-43-28-10-4-2-5-11-28)9-8-14-34-36(20-22-44-29-12-6-3-7-13-29)31-18-16-27(38(41)42)24-33(31)46-34/h2-18,23-24,35H,1,19-22H2/p+1. The van der Waals surface area contributed by atoms with Crippen molar-refractivity contribution in [3.63, 3.8) is 0 Å². The number of nitrogens with two attached hydrogens (primary N) is 1. The number of anilines is 1. The fourth-order valence-electron chi connectivity index (χ4n) is 4.55. The van der Waals surface area contributed by atoms with E-state index in [0.717, 1.165) is 5.75 Å². The molecular weight excluding hydrogens is 592 g/mol. The number of hydrogen-bond donors (Lipinski definition) is 1. The Balaban J connectivity index is 1.26. The monoisotopic (exact) mass is 623 g/mol. The third-order valence-electron chi connectivity index (χ3n) is 6.72. The van der Waals surface area contributed by atoms with Crippen LogP contribution in [0.15, 0.2) is 134 Å². The maximum Gasteiger partial charge on any atom is 0.273 e. The molecule has 0 spiro atoms. The van der Waals surface area contributed by atoms with Crippen molar-refractivity contribution in [1.82, 2.24) is 0 Å². The van der Waals surface area contributed by atoms with Gasteiger partial charge < -0.3 is 29.2 Å². The first-order chi connectivity index (χ1) is 22.4. The Morgan fingerprint density at radius 2 is 1.48 bits per heavy atom. The number of fused-ring (bicyclic) bond motifs is 1. The van der Waals surface area contributed by atoms with Crippen molar-refractivity contribution in [3.05, 3.63) is 154 Å². The minimum Gasteiger partial charge on any atom is -0.492 e. The molecule has 0 atom stereocenters. The molecule has 1 heterocycles. The largest absolute Gasteiger partial charge is 0.492 e. The van der Waals surface area contributed by atoms with E-state index in [4.69, 9.17) is 18.9 Å². The summed E-state index contributed by atoms with van der Waals surface area (Å²) in [4.78, 5) is 23.6. The zero-order valence-corrected chi connectivity index (χ0v) is 24.7. The molecule has 4 aromatic rings. The van der Waals surface area contributed by atoms with Crippen LogP contribution in [0.1, 0.15) is 0 Å². The molecule has 0 bridgehead atoms. The molecule has 0 aromatic heterocycles. The van der Waals surface area contributed by atoms with Crippen LogP contribution in [0.25, 0.3) is 0 Å². The molecule has 0 saturated heterocycles. The van der Waals surface area contributed by atoms with E-state index in [2.05, 4.69) is 6.58 Å². The Bertz CT molecular complexity index is 1760. The molecule has 1 aliphatic heterocycles. The molecule has 0 radical (unpaired) electrons. The highest BCUT2D eigenvalue weighted by Crippen LogP contribution is 2.41. The van der Waals surface area contributed by atoms with Crippen molar-refractivity contribution < 1.29 is 34.1 Å². The molecule has 12 nitrogen and oxygen atoms in total. The number of quaternary nitrogens is 1. The number of non-ortho nitro benzene ring substituents is 2. The van der Waals surface area contributed by atoms with Gasteiger partial charge in [-0.05, 0) is 42.5 Å². The average molecular weight is 624 g/mol. The first-order valence-electron chi connectivity index (χ1n) is 14.3. The van der Waals surface area contributed by atoms with Gasteiger partial charge in [-0.15, -0.1) is 0 Å². The van der Waals surface area contributed by atoms with Gasteiger partial charge in [0.2, 0.25) is 5.88 Å². The highest BCUT2D eigenvalue weighted by molar-refractivity contribution is 5.69. The molecule has 0 amide bonds. The van der Waals surface area contributed by atoms with E-state index in [1.807, 2.05) is 70.9 Å². The van der Waals surface area contributed by atoms with Crippen molar-refractivity contribution in [3.8, 4) is 23.0 Å². The van der Waals surface area contributed by atoms with Crippen molar-refractivity contribution >= 4 is 22.7 Å². The summed E-state index contributed by atoms with van der Waals surface area (Å²) in [6, 6.07) is 27.6. The minimum absolute atomic E-state index is 0.0889. The average Bonchev–Trinajstić information content (AvgIpc) is 3.40. The lowest BCUT2D eigenvalue weighted by Crippen LogP contribution is -2.79. The maximum atomic E-state index is 11.4. The lowest BCUT2D eigenvalue weighted by molar-refractivity contribution is -0.573.